The van der Waals surface area contributed by atoms with E-state index in [2.05, 4.69) is 0 Å². The topological polar surface area (TPSA) is 40.5 Å². The van der Waals surface area contributed by atoms with E-state index in [0.717, 1.165) is 17.5 Å². The van der Waals surface area contributed by atoms with Crippen LogP contribution in [0.5, 0.6) is 0 Å². The summed E-state index contributed by atoms with van der Waals surface area (Å²) in [5, 5.41) is 9.80. The Morgan fingerprint density at radius 3 is 2.52 bits per heavy atom. The minimum Gasteiger partial charge on any atom is -0.396 e. The lowest BCUT2D eigenvalue weighted by atomic mass is 9.99. The number of aliphatic hydroxyl groups excluding tert-OH is 1. The van der Waals surface area contributed by atoms with E-state index in [-0.39, 0.29) is 12.5 Å². The van der Waals surface area contributed by atoms with Gasteiger partial charge in [0.05, 0.1) is 10.0 Å². The van der Waals surface area contributed by atoms with Gasteiger partial charge in [-0.3, -0.25) is 4.79 Å². The van der Waals surface area contributed by atoms with Gasteiger partial charge < -0.3 is 10.0 Å². The zero-order valence-corrected chi connectivity index (χ0v) is 14.4. The number of nitrogens with zero attached hydrogens (tertiary/aromatic N) is 1. The largest absolute Gasteiger partial charge is 0.396 e. The molecule has 0 bridgehead atoms. The third kappa shape index (κ3) is 4.47. The lowest BCUT2D eigenvalue weighted by Crippen LogP contribution is -2.28. The fourth-order valence-electron chi connectivity index (χ4n) is 2.35. The minimum absolute atomic E-state index is 0.0513. The number of carbonyl (C=O) groups is 1. The van der Waals surface area contributed by atoms with E-state index >= 15 is 0 Å². The molecule has 0 heterocycles. The second-order valence-corrected chi connectivity index (χ2v) is 6.15. The van der Waals surface area contributed by atoms with Crippen molar-refractivity contribution in [1.29, 1.82) is 0 Å². The van der Waals surface area contributed by atoms with Crippen molar-refractivity contribution in [3.8, 4) is 11.1 Å². The van der Waals surface area contributed by atoms with Crippen molar-refractivity contribution in [2.24, 2.45) is 0 Å². The maximum atomic E-state index is 12.7. The number of hydrogen-bond acceptors (Lipinski definition) is 2. The average molecular weight is 352 g/mol. The molecule has 0 spiro atoms. The number of aliphatic hydroxyl groups is 1. The van der Waals surface area contributed by atoms with Crippen LogP contribution in [0.1, 0.15) is 23.2 Å². The van der Waals surface area contributed by atoms with Gasteiger partial charge in [-0.25, -0.2) is 0 Å². The standard InChI is InChI=1S/C18H19Cl2NO2/c1-21(10-4-5-11-22)18(23)15-7-3-2-6-14(15)13-8-9-16(19)17(20)12-13/h2-3,6-9,12,22H,4-5,10-11H2,1H3. The summed E-state index contributed by atoms with van der Waals surface area (Å²) in [6.45, 7) is 0.747. The lowest BCUT2D eigenvalue weighted by Gasteiger charge is -2.19. The summed E-state index contributed by atoms with van der Waals surface area (Å²) in [7, 11) is 1.77. The summed E-state index contributed by atoms with van der Waals surface area (Å²) in [5.74, 6) is -0.0513. The molecular formula is C18H19Cl2NO2. The number of halogens is 2. The Balaban J connectivity index is 2.29. The van der Waals surface area contributed by atoms with Gasteiger partial charge in [0.25, 0.3) is 5.91 Å². The highest BCUT2D eigenvalue weighted by Gasteiger charge is 2.16. The maximum absolute atomic E-state index is 12.7. The van der Waals surface area contributed by atoms with Crippen LogP contribution >= 0.6 is 23.2 Å². The second-order valence-electron chi connectivity index (χ2n) is 5.33. The van der Waals surface area contributed by atoms with Crippen LogP contribution in [-0.2, 0) is 0 Å². The Kier molecular flexibility index (Phi) is 6.46. The Labute approximate surface area is 146 Å². The van der Waals surface area contributed by atoms with Gasteiger partial charge >= 0.3 is 0 Å². The van der Waals surface area contributed by atoms with E-state index < -0.39 is 0 Å². The van der Waals surface area contributed by atoms with Crippen molar-refractivity contribution in [2.75, 3.05) is 20.2 Å². The Morgan fingerprint density at radius 2 is 1.83 bits per heavy atom. The van der Waals surface area contributed by atoms with Gasteiger partial charge in [-0.05, 0) is 42.2 Å². The molecule has 0 aliphatic carbocycles. The molecule has 0 saturated heterocycles. The predicted molar refractivity (Wildman–Crippen MR) is 95.2 cm³/mol. The average Bonchev–Trinajstić information content (AvgIpc) is 2.57. The van der Waals surface area contributed by atoms with E-state index in [1.54, 1.807) is 24.1 Å². The summed E-state index contributed by atoms with van der Waals surface area (Å²) in [6.07, 6.45) is 1.46. The molecule has 0 aliphatic rings. The van der Waals surface area contributed by atoms with Gasteiger partial charge in [-0.2, -0.15) is 0 Å². The van der Waals surface area contributed by atoms with Gasteiger partial charge in [0.15, 0.2) is 0 Å². The molecule has 0 unspecified atom stereocenters. The van der Waals surface area contributed by atoms with Crippen LogP contribution in [0.15, 0.2) is 42.5 Å². The van der Waals surface area contributed by atoms with Crippen LogP contribution in [0.4, 0.5) is 0 Å². The van der Waals surface area contributed by atoms with Crippen molar-refractivity contribution in [3.63, 3.8) is 0 Å². The number of rotatable bonds is 6. The van der Waals surface area contributed by atoms with Gasteiger partial charge in [0, 0.05) is 25.8 Å². The fourth-order valence-corrected chi connectivity index (χ4v) is 2.65. The summed E-state index contributed by atoms with van der Waals surface area (Å²) in [6, 6.07) is 12.8. The Bertz CT molecular complexity index is 688. The molecule has 2 rings (SSSR count). The molecule has 0 aromatic heterocycles. The highest BCUT2D eigenvalue weighted by molar-refractivity contribution is 6.42. The Morgan fingerprint density at radius 1 is 1.09 bits per heavy atom. The summed E-state index contributed by atoms with van der Waals surface area (Å²) >= 11 is 12.1. The number of benzene rings is 2. The van der Waals surface area contributed by atoms with E-state index in [1.165, 1.54) is 0 Å². The van der Waals surface area contributed by atoms with Gasteiger partial charge in [0.1, 0.15) is 0 Å². The van der Waals surface area contributed by atoms with Gasteiger partial charge in [-0.15, -0.1) is 0 Å². The highest BCUT2D eigenvalue weighted by atomic mass is 35.5. The Hall–Kier alpha value is -1.55. The molecule has 2 aromatic rings. The number of carbonyl (C=O) groups excluding carboxylic acids is 1. The first kappa shape index (κ1) is 17.8. The van der Waals surface area contributed by atoms with E-state index in [4.69, 9.17) is 28.3 Å². The first-order chi connectivity index (χ1) is 11.0. The molecule has 2 aromatic carbocycles. The fraction of sp³-hybridized carbons (Fsp3) is 0.278. The molecule has 1 N–H and O–H groups in total. The molecule has 23 heavy (non-hydrogen) atoms. The first-order valence-corrected chi connectivity index (χ1v) is 8.21. The zero-order valence-electron chi connectivity index (χ0n) is 12.9. The third-order valence-corrected chi connectivity index (χ3v) is 4.38. The van der Waals surface area contributed by atoms with Crippen molar-refractivity contribution in [3.05, 3.63) is 58.1 Å². The molecular weight excluding hydrogens is 333 g/mol. The third-order valence-electron chi connectivity index (χ3n) is 3.64. The van der Waals surface area contributed by atoms with E-state index in [1.807, 2.05) is 30.3 Å². The summed E-state index contributed by atoms with van der Waals surface area (Å²) in [5.41, 5.74) is 2.30. The van der Waals surface area contributed by atoms with Gasteiger partial charge in [-0.1, -0.05) is 47.5 Å². The van der Waals surface area contributed by atoms with Crippen molar-refractivity contribution < 1.29 is 9.90 Å². The monoisotopic (exact) mass is 351 g/mol. The number of hydrogen-bond donors (Lipinski definition) is 1. The van der Waals surface area contributed by atoms with Crippen LogP contribution in [0.2, 0.25) is 10.0 Å². The molecule has 0 aliphatic heterocycles. The molecule has 5 heteroatoms. The molecule has 0 atom stereocenters. The second kappa shape index (κ2) is 8.34. The maximum Gasteiger partial charge on any atom is 0.254 e. The molecule has 3 nitrogen and oxygen atoms in total. The van der Waals surface area contributed by atoms with Crippen molar-refractivity contribution >= 4 is 29.1 Å². The quantitative estimate of drug-likeness (QED) is 0.778. The molecule has 1 amide bonds. The normalized spacial score (nSPS) is 10.6. The SMILES string of the molecule is CN(CCCCO)C(=O)c1ccccc1-c1ccc(Cl)c(Cl)c1. The van der Waals surface area contributed by atoms with Crippen molar-refractivity contribution in [1.82, 2.24) is 4.90 Å². The lowest BCUT2D eigenvalue weighted by molar-refractivity contribution is 0.0791. The van der Waals surface area contributed by atoms with Crippen LogP contribution in [-0.4, -0.2) is 36.1 Å². The number of unbranched alkanes of at least 4 members (excludes halogenated alkanes) is 1. The summed E-state index contributed by atoms with van der Waals surface area (Å²) < 4.78 is 0. The zero-order chi connectivity index (χ0) is 16.8. The van der Waals surface area contributed by atoms with Crippen LogP contribution in [0.25, 0.3) is 11.1 Å². The minimum atomic E-state index is -0.0513. The van der Waals surface area contributed by atoms with Crippen molar-refractivity contribution in [2.45, 2.75) is 12.8 Å². The predicted octanol–water partition coefficient (Wildman–Crippen LogP) is 4.50. The highest BCUT2D eigenvalue weighted by Crippen LogP contribution is 2.30. The molecule has 0 saturated carbocycles. The van der Waals surface area contributed by atoms with E-state index in [9.17, 15) is 4.79 Å². The number of amides is 1. The van der Waals surface area contributed by atoms with Crippen LogP contribution < -0.4 is 0 Å². The molecule has 122 valence electrons. The van der Waals surface area contributed by atoms with Gasteiger partial charge in [0.2, 0.25) is 0 Å². The molecule has 0 fully saturated rings. The molecule has 0 radical (unpaired) electrons. The smallest absolute Gasteiger partial charge is 0.254 e. The van der Waals surface area contributed by atoms with E-state index in [0.29, 0.717) is 28.6 Å². The summed E-state index contributed by atoms with van der Waals surface area (Å²) in [4.78, 5) is 14.4. The van der Waals surface area contributed by atoms with Crippen LogP contribution in [0, 0.1) is 0 Å². The first-order valence-electron chi connectivity index (χ1n) is 7.45. The van der Waals surface area contributed by atoms with Crippen LogP contribution in [0.3, 0.4) is 0 Å².